The van der Waals surface area contributed by atoms with Crippen LogP contribution in [0.2, 0.25) is 0 Å². The van der Waals surface area contributed by atoms with E-state index in [1.807, 2.05) is 17.0 Å². The Bertz CT molecular complexity index is 558. The van der Waals surface area contributed by atoms with Gasteiger partial charge in [-0.05, 0) is 43.2 Å². The molecular weight excluding hydrogens is 282 g/mol. The van der Waals surface area contributed by atoms with E-state index in [0.29, 0.717) is 25.3 Å². The smallest absolute Gasteiger partial charge is 0.335 e. The van der Waals surface area contributed by atoms with Crippen LogP contribution >= 0.6 is 0 Å². The fourth-order valence-electron chi connectivity index (χ4n) is 3.43. The Morgan fingerprint density at radius 2 is 1.86 bits per heavy atom. The number of hydrogen-bond donors (Lipinski definition) is 1. The van der Waals surface area contributed by atoms with Crippen LogP contribution in [-0.4, -0.2) is 47.7 Å². The lowest BCUT2D eigenvalue weighted by Gasteiger charge is -2.34. The molecule has 0 aliphatic carbocycles. The van der Waals surface area contributed by atoms with E-state index in [4.69, 9.17) is 4.74 Å². The number of carbonyl (C=O) groups is 2. The Morgan fingerprint density at radius 1 is 1.14 bits per heavy atom. The van der Waals surface area contributed by atoms with E-state index < -0.39 is 5.97 Å². The van der Waals surface area contributed by atoms with E-state index in [9.17, 15) is 14.7 Å². The zero-order valence-corrected chi connectivity index (χ0v) is 12.5. The molecule has 1 atom stereocenters. The Kier molecular flexibility index (Phi) is 4.43. The van der Waals surface area contributed by atoms with Crippen molar-refractivity contribution in [2.45, 2.75) is 37.7 Å². The monoisotopic (exact) mass is 303 g/mol. The second-order valence-electron chi connectivity index (χ2n) is 5.99. The second-order valence-corrected chi connectivity index (χ2v) is 5.99. The summed E-state index contributed by atoms with van der Waals surface area (Å²) in [5, 5.41) is 9.30. The molecule has 2 aliphatic rings. The quantitative estimate of drug-likeness (QED) is 0.930. The fourth-order valence-corrected chi connectivity index (χ4v) is 3.43. The first kappa shape index (κ1) is 15.0. The SMILES string of the molecule is O=C(O)c1ccccc1C1CCN(C(=O)C2CCCO2)CC1. The largest absolute Gasteiger partial charge is 0.478 e. The van der Waals surface area contributed by atoms with Gasteiger partial charge >= 0.3 is 5.97 Å². The van der Waals surface area contributed by atoms with Gasteiger partial charge in [0.25, 0.3) is 5.91 Å². The molecule has 1 amide bonds. The molecule has 1 N–H and O–H groups in total. The molecule has 0 radical (unpaired) electrons. The average Bonchev–Trinajstić information content (AvgIpc) is 3.09. The van der Waals surface area contributed by atoms with E-state index in [2.05, 4.69) is 0 Å². The van der Waals surface area contributed by atoms with Gasteiger partial charge in [-0.25, -0.2) is 4.79 Å². The summed E-state index contributed by atoms with van der Waals surface area (Å²) in [6, 6.07) is 7.18. The summed E-state index contributed by atoms with van der Waals surface area (Å²) in [7, 11) is 0. The van der Waals surface area contributed by atoms with E-state index in [0.717, 1.165) is 31.2 Å². The standard InChI is InChI=1S/C17H21NO4/c19-16(15-6-3-11-22-15)18-9-7-12(8-10-18)13-4-1-2-5-14(13)17(20)21/h1-2,4-5,12,15H,3,6-11H2,(H,20,21). The molecule has 1 aromatic rings. The van der Waals surface area contributed by atoms with Gasteiger partial charge in [0.2, 0.25) is 0 Å². The molecule has 2 heterocycles. The number of rotatable bonds is 3. The van der Waals surface area contributed by atoms with E-state index in [1.54, 1.807) is 12.1 Å². The number of carbonyl (C=O) groups excluding carboxylic acids is 1. The molecular formula is C17H21NO4. The minimum absolute atomic E-state index is 0.0995. The lowest BCUT2D eigenvalue weighted by Crippen LogP contribution is -2.43. The number of nitrogens with zero attached hydrogens (tertiary/aromatic N) is 1. The topological polar surface area (TPSA) is 66.8 Å². The van der Waals surface area contributed by atoms with Crippen molar-refractivity contribution in [2.24, 2.45) is 0 Å². The Morgan fingerprint density at radius 3 is 2.50 bits per heavy atom. The number of carboxylic acids is 1. The highest BCUT2D eigenvalue weighted by Gasteiger charge is 2.31. The minimum atomic E-state index is -0.881. The van der Waals surface area contributed by atoms with Crippen molar-refractivity contribution in [1.82, 2.24) is 4.90 Å². The highest BCUT2D eigenvalue weighted by atomic mass is 16.5. The van der Waals surface area contributed by atoms with Gasteiger partial charge in [0.15, 0.2) is 0 Å². The number of amides is 1. The fraction of sp³-hybridized carbons (Fsp3) is 0.529. The molecule has 0 spiro atoms. The highest BCUT2D eigenvalue weighted by Crippen LogP contribution is 2.31. The third-order valence-corrected chi connectivity index (χ3v) is 4.64. The second kappa shape index (κ2) is 6.48. The molecule has 1 aromatic carbocycles. The number of aromatic carboxylic acids is 1. The summed E-state index contributed by atoms with van der Waals surface area (Å²) in [5.41, 5.74) is 1.27. The first-order valence-corrected chi connectivity index (χ1v) is 7.89. The van der Waals surface area contributed by atoms with Crippen LogP contribution in [0.15, 0.2) is 24.3 Å². The lowest BCUT2D eigenvalue weighted by molar-refractivity contribution is -0.142. The zero-order valence-electron chi connectivity index (χ0n) is 12.5. The number of carboxylic acid groups (broad SMARTS) is 1. The first-order valence-electron chi connectivity index (χ1n) is 7.89. The van der Waals surface area contributed by atoms with Crippen molar-refractivity contribution in [3.05, 3.63) is 35.4 Å². The highest BCUT2D eigenvalue weighted by molar-refractivity contribution is 5.89. The number of likely N-dealkylation sites (tertiary alicyclic amines) is 1. The van der Waals surface area contributed by atoms with E-state index >= 15 is 0 Å². The van der Waals surface area contributed by atoms with E-state index in [1.165, 1.54) is 0 Å². The van der Waals surface area contributed by atoms with Crippen molar-refractivity contribution in [2.75, 3.05) is 19.7 Å². The maximum Gasteiger partial charge on any atom is 0.335 e. The Hall–Kier alpha value is -1.88. The molecule has 0 aromatic heterocycles. The summed E-state index contributed by atoms with van der Waals surface area (Å²) in [6.45, 7) is 2.04. The van der Waals surface area contributed by atoms with Crippen molar-refractivity contribution in [1.29, 1.82) is 0 Å². The van der Waals surface area contributed by atoms with Crippen molar-refractivity contribution < 1.29 is 19.4 Å². The zero-order chi connectivity index (χ0) is 15.5. The van der Waals surface area contributed by atoms with Gasteiger partial charge < -0.3 is 14.7 Å². The third kappa shape index (κ3) is 2.99. The summed E-state index contributed by atoms with van der Waals surface area (Å²) in [6.07, 6.45) is 3.13. The van der Waals surface area contributed by atoms with Crippen LogP contribution in [0.1, 0.15) is 47.5 Å². The van der Waals surface area contributed by atoms with Gasteiger partial charge in [0.05, 0.1) is 5.56 Å². The number of ether oxygens (including phenoxy) is 1. The van der Waals surface area contributed by atoms with Gasteiger partial charge in [0.1, 0.15) is 6.10 Å². The lowest BCUT2D eigenvalue weighted by atomic mass is 9.86. The van der Waals surface area contributed by atoms with Crippen molar-refractivity contribution in [3.63, 3.8) is 0 Å². The minimum Gasteiger partial charge on any atom is -0.478 e. The van der Waals surface area contributed by atoms with Crippen LogP contribution in [0.4, 0.5) is 0 Å². The van der Waals surface area contributed by atoms with Gasteiger partial charge in [-0.15, -0.1) is 0 Å². The molecule has 22 heavy (non-hydrogen) atoms. The molecule has 118 valence electrons. The third-order valence-electron chi connectivity index (χ3n) is 4.64. The van der Waals surface area contributed by atoms with Gasteiger partial charge in [-0.1, -0.05) is 18.2 Å². The maximum absolute atomic E-state index is 12.3. The Balaban J connectivity index is 1.64. The van der Waals surface area contributed by atoms with Crippen molar-refractivity contribution in [3.8, 4) is 0 Å². The number of piperidine rings is 1. The van der Waals surface area contributed by atoms with Crippen LogP contribution in [-0.2, 0) is 9.53 Å². The predicted molar refractivity (Wildman–Crippen MR) is 80.9 cm³/mol. The molecule has 1 unspecified atom stereocenters. The summed E-state index contributed by atoms with van der Waals surface area (Å²) >= 11 is 0. The maximum atomic E-state index is 12.3. The van der Waals surface area contributed by atoms with Gasteiger partial charge in [0, 0.05) is 19.7 Å². The summed E-state index contributed by atoms with van der Waals surface area (Å²) < 4.78 is 5.46. The van der Waals surface area contributed by atoms with E-state index in [-0.39, 0.29) is 17.9 Å². The van der Waals surface area contributed by atoms with Crippen LogP contribution in [0, 0.1) is 0 Å². The number of benzene rings is 1. The molecule has 5 nitrogen and oxygen atoms in total. The van der Waals surface area contributed by atoms with Gasteiger partial charge in [-0.3, -0.25) is 4.79 Å². The summed E-state index contributed by atoms with van der Waals surface area (Å²) in [4.78, 5) is 25.5. The molecule has 5 heteroatoms. The molecule has 0 saturated carbocycles. The first-order chi connectivity index (χ1) is 10.7. The normalized spacial score (nSPS) is 22.7. The van der Waals surface area contributed by atoms with Crippen LogP contribution in [0.25, 0.3) is 0 Å². The Labute approximate surface area is 129 Å². The summed E-state index contributed by atoms with van der Waals surface area (Å²) in [5.74, 6) is -0.572. The molecule has 2 saturated heterocycles. The average molecular weight is 303 g/mol. The number of hydrogen-bond acceptors (Lipinski definition) is 3. The van der Waals surface area contributed by atoms with Crippen LogP contribution in [0.3, 0.4) is 0 Å². The molecule has 3 rings (SSSR count). The van der Waals surface area contributed by atoms with Crippen LogP contribution < -0.4 is 0 Å². The van der Waals surface area contributed by atoms with Gasteiger partial charge in [-0.2, -0.15) is 0 Å². The predicted octanol–water partition coefficient (Wildman–Crippen LogP) is 2.27. The van der Waals surface area contributed by atoms with Crippen LogP contribution in [0.5, 0.6) is 0 Å². The molecule has 2 aliphatic heterocycles. The molecule has 0 bridgehead atoms. The van der Waals surface area contributed by atoms with Crippen molar-refractivity contribution >= 4 is 11.9 Å². The molecule has 2 fully saturated rings.